The van der Waals surface area contributed by atoms with Gasteiger partial charge in [0.15, 0.2) is 0 Å². The van der Waals surface area contributed by atoms with Crippen LogP contribution in [0.3, 0.4) is 0 Å². The van der Waals surface area contributed by atoms with Gasteiger partial charge in [0.25, 0.3) is 0 Å². The molecule has 0 amide bonds. The number of hydrogen-bond acceptors (Lipinski definition) is 1. The summed E-state index contributed by atoms with van der Waals surface area (Å²) in [6, 6.07) is 4.26. The van der Waals surface area contributed by atoms with Crippen molar-refractivity contribution in [3.63, 3.8) is 0 Å². The van der Waals surface area contributed by atoms with Gasteiger partial charge in [-0.3, -0.25) is 0 Å². The van der Waals surface area contributed by atoms with Crippen LogP contribution in [0.1, 0.15) is 52.7 Å². The first-order valence-electron chi connectivity index (χ1n) is 5.63. The zero-order valence-electron chi connectivity index (χ0n) is 11.1. The highest BCUT2D eigenvalue weighted by Crippen LogP contribution is 2.38. The van der Waals surface area contributed by atoms with E-state index in [1.165, 1.54) is 11.1 Å². The van der Waals surface area contributed by atoms with Crippen LogP contribution in [-0.4, -0.2) is 0 Å². The van der Waals surface area contributed by atoms with Crippen molar-refractivity contribution in [1.82, 2.24) is 0 Å². The molecule has 0 heterocycles. The van der Waals surface area contributed by atoms with Gasteiger partial charge in [-0.2, -0.15) is 0 Å². The topological polar surface area (TPSA) is 26.0 Å². The van der Waals surface area contributed by atoms with E-state index in [0.29, 0.717) is 0 Å². The molecular weight excluding hydrogens is 262 g/mol. The van der Waals surface area contributed by atoms with E-state index in [1.807, 2.05) is 0 Å². The molecule has 2 N–H and O–H groups in total. The fourth-order valence-corrected chi connectivity index (χ4v) is 2.32. The van der Waals surface area contributed by atoms with Crippen molar-refractivity contribution in [1.29, 1.82) is 0 Å². The molecule has 16 heavy (non-hydrogen) atoms. The minimum atomic E-state index is 0.0772. The second-order valence-corrected chi connectivity index (χ2v) is 7.33. The smallest absolute Gasteiger partial charge is 0.0390 e. The molecular formula is C14H22BrN. The standard InChI is InChI=1S/C14H22BrN/c1-13(2,3)10-7-9(15)8-11(12(10)16)14(4,5)6/h7-8H,16H2,1-6H3. The zero-order valence-corrected chi connectivity index (χ0v) is 12.7. The number of nitrogens with two attached hydrogens (primary N) is 1. The molecule has 0 radical (unpaired) electrons. The summed E-state index contributed by atoms with van der Waals surface area (Å²) in [5.74, 6) is 0. The summed E-state index contributed by atoms with van der Waals surface area (Å²) in [5.41, 5.74) is 9.82. The van der Waals surface area contributed by atoms with E-state index in [0.717, 1.165) is 10.2 Å². The van der Waals surface area contributed by atoms with Crippen LogP contribution < -0.4 is 5.73 Å². The van der Waals surface area contributed by atoms with Crippen molar-refractivity contribution in [2.24, 2.45) is 0 Å². The second-order valence-electron chi connectivity index (χ2n) is 6.41. The first-order valence-corrected chi connectivity index (χ1v) is 6.43. The van der Waals surface area contributed by atoms with Gasteiger partial charge in [0.1, 0.15) is 0 Å². The normalized spacial score (nSPS) is 12.9. The van der Waals surface area contributed by atoms with E-state index in [9.17, 15) is 0 Å². The number of hydrogen-bond donors (Lipinski definition) is 1. The van der Waals surface area contributed by atoms with Crippen LogP contribution >= 0.6 is 15.9 Å². The van der Waals surface area contributed by atoms with E-state index in [-0.39, 0.29) is 10.8 Å². The maximum Gasteiger partial charge on any atom is 0.0390 e. The van der Waals surface area contributed by atoms with Crippen LogP contribution in [0, 0.1) is 0 Å². The molecule has 1 nitrogen and oxygen atoms in total. The minimum absolute atomic E-state index is 0.0772. The molecule has 0 aromatic heterocycles. The molecule has 0 fully saturated rings. The SMILES string of the molecule is CC(C)(C)c1cc(Br)cc(C(C)(C)C)c1N. The lowest BCUT2D eigenvalue weighted by molar-refractivity contribution is 0.572. The predicted octanol–water partition coefficient (Wildman–Crippen LogP) is 4.63. The van der Waals surface area contributed by atoms with Gasteiger partial charge in [-0.1, -0.05) is 57.5 Å². The third-order valence-electron chi connectivity index (χ3n) is 2.76. The molecule has 90 valence electrons. The Morgan fingerprint density at radius 2 is 1.19 bits per heavy atom. The van der Waals surface area contributed by atoms with E-state index in [2.05, 4.69) is 69.6 Å². The number of nitrogen functional groups attached to an aromatic ring is 1. The lowest BCUT2D eigenvalue weighted by Crippen LogP contribution is -2.20. The fraction of sp³-hybridized carbons (Fsp3) is 0.571. The largest absolute Gasteiger partial charge is 0.398 e. The lowest BCUT2D eigenvalue weighted by atomic mass is 9.79. The second kappa shape index (κ2) is 4.06. The molecule has 0 unspecified atom stereocenters. The van der Waals surface area contributed by atoms with Gasteiger partial charge < -0.3 is 5.73 Å². The summed E-state index contributed by atoms with van der Waals surface area (Å²) in [5, 5.41) is 0. The van der Waals surface area contributed by atoms with Crippen LogP contribution in [0.25, 0.3) is 0 Å². The molecule has 0 saturated carbocycles. The van der Waals surface area contributed by atoms with Crippen molar-refractivity contribution < 1.29 is 0 Å². The van der Waals surface area contributed by atoms with Crippen LogP contribution in [0.5, 0.6) is 0 Å². The number of rotatable bonds is 0. The number of halogens is 1. The van der Waals surface area contributed by atoms with Gasteiger partial charge in [0, 0.05) is 10.2 Å². The molecule has 2 heteroatoms. The Balaban J connectivity index is 3.51. The van der Waals surface area contributed by atoms with Crippen molar-refractivity contribution in [2.45, 2.75) is 52.4 Å². The molecule has 1 rings (SSSR count). The molecule has 0 spiro atoms. The van der Waals surface area contributed by atoms with Crippen molar-refractivity contribution >= 4 is 21.6 Å². The first-order chi connectivity index (χ1) is 7.03. The Morgan fingerprint density at radius 3 is 1.44 bits per heavy atom. The molecule has 0 atom stereocenters. The van der Waals surface area contributed by atoms with E-state index in [4.69, 9.17) is 5.73 Å². The first kappa shape index (κ1) is 13.6. The summed E-state index contributed by atoms with van der Waals surface area (Å²) >= 11 is 3.58. The van der Waals surface area contributed by atoms with Gasteiger partial charge in [-0.05, 0) is 34.1 Å². The Bertz CT molecular complexity index is 359. The summed E-state index contributed by atoms with van der Waals surface area (Å²) in [6.45, 7) is 13.2. The quantitative estimate of drug-likeness (QED) is 0.691. The summed E-state index contributed by atoms with van der Waals surface area (Å²) < 4.78 is 1.11. The fourth-order valence-electron chi connectivity index (χ4n) is 1.86. The lowest BCUT2D eigenvalue weighted by Gasteiger charge is -2.28. The Labute approximate surface area is 108 Å². The van der Waals surface area contributed by atoms with E-state index < -0.39 is 0 Å². The maximum atomic E-state index is 6.30. The molecule has 1 aromatic rings. The highest BCUT2D eigenvalue weighted by molar-refractivity contribution is 9.10. The number of anilines is 1. The summed E-state index contributed by atoms with van der Waals surface area (Å²) in [7, 11) is 0. The zero-order chi connectivity index (χ0) is 12.7. The van der Waals surface area contributed by atoms with Crippen molar-refractivity contribution in [2.75, 3.05) is 5.73 Å². The highest BCUT2D eigenvalue weighted by atomic mass is 79.9. The van der Waals surface area contributed by atoms with Crippen molar-refractivity contribution in [3.8, 4) is 0 Å². The van der Waals surface area contributed by atoms with Crippen LogP contribution in [0.15, 0.2) is 16.6 Å². The van der Waals surface area contributed by atoms with Crippen molar-refractivity contribution in [3.05, 3.63) is 27.7 Å². The van der Waals surface area contributed by atoms with Gasteiger partial charge in [0.05, 0.1) is 0 Å². The Kier molecular flexibility index (Phi) is 3.45. The van der Waals surface area contributed by atoms with Gasteiger partial charge in [0.2, 0.25) is 0 Å². The third kappa shape index (κ3) is 2.79. The van der Waals surface area contributed by atoms with Crippen LogP contribution in [0.4, 0.5) is 5.69 Å². The summed E-state index contributed by atoms with van der Waals surface area (Å²) in [6.07, 6.45) is 0. The Hall–Kier alpha value is -0.500. The van der Waals surface area contributed by atoms with E-state index >= 15 is 0 Å². The van der Waals surface area contributed by atoms with Gasteiger partial charge >= 0.3 is 0 Å². The third-order valence-corrected chi connectivity index (χ3v) is 3.22. The Morgan fingerprint density at radius 1 is 0.875 bits per heavy atom. The highest BCUT2D eigenvalue weighted by Gasteiger charge is 2.24. The number of benzene rings is 1. The van der Waals surface area contributed by atoms with E-state index in [1.54, 1.807) is 0 Å². The monoisotopic (exact) mass is 283 g/mol. The minimum Gasteiger partial charge on any atom is -0.398 e. The summed E-state index contributed by atoms with van der Waals surface area (Å²) in [4.78, 5) is 0. The predicted molar refractivity (Wildman–Crippen MR) is 76.0 cm³/mol. The molecule has 0 saturated heterocycles. The average Bonchev–Trinajstić information content (AvgIpc) is 2.04. The van der Waals surface area contributed by atoms with Crippen LogP contribution in [0.2, 0.25) is 0 Å². The molecule has 0 bridgehead atoms. The maximum absolute atomic E-state index is 6.30. The molecule has 0 aliphatic heterocycles. The molecule has 1 aromatic carbocycles. The average molecular weight is 284 g/mol. The molecule has 0 aliphatic rings. The van der Waals surface area contributed by atoms with Crippen LogP contribution in [-0.2, 0) is 10.8 Å². The molecule has 0 aliphatic carbocycles. The van der Waals surface area contributed by atoms with Gasteiger partial charge in [-0.25, -0.2) is 0 Å². The van der Waals surface area contributed by atoms with Gasteiger partial charge in [-0.15, -0.1) is 0 Å².